The second-order valence-electron chi connectivity index (χ2n) is 6.79. The average molecular weight is 255 g/mol. The molecular weight excluding hydrogens is 226 g/mol. The molecule has 0 spiro atoms. The zero-order valence-corrected chi connectivity index (χ0v) is 12.5. The molecule has 0 aromatic rings. The van der Waals surface area contributed by atoms with E-state index in [4.69, 9.17) is 0 Å². The summed E-state index contributed by atoms with van der Waals surface area (Å²) in [5.41, 5.74) is -0.712. The van der Waals surface area contributed by atoms with Gasteiger partial charge in [0.25, 0.3) is 0 Å². The molecule has 106 valence electrons. The minimum atomic E-state index is -0.712. The van der Waals surface area contributed by atoms with E-state index >= 15 is 0 Å². The summed E-state index contributed by atoms with van der Waals surface area (Å²) in [5.74, 6) is 0.966. The SMILES string of the molecule is CC(C)CNC1(C(=O)O)CC(C)CCC1C(C)C. The number of carbonyl (C=O) groups is 1. The van der Waals surface area contributed by atoms with E-state index in [1.54, 1.807) is 0 Å². The van der Waals surface area contributed by atoms with Crippen LogP contribution in [0.5, 0.6) is 0 Å². The summed E-state index contributed by atoms with van der Waals surface area (Å²) >= 11 is 0. The van der Waals surface area contributed by atoms with Crippen molar-refractivity contribution in [2.75, 3.05) is 6.54 Å². The molecular formula is C15H29NO2. The second kappa shape index (κ2) is 6.05. The van der Waals surface area contributed by atoms with Gasteiger partial charge in [-0.2, -0.15) is 0 Å². The summed E-state index contributed by atoms with van der Waals surface area (Å²) in [7, 11) is 0. The monoisotopic (exact) mass is 255 g/mol. The molecule has 0 saturated heterocycles. The van der Waals surface area contributed by atoms with Crippen LogP contribution in [0.1, 0.15) is 53.9 Å². The highest BCUT2D eigenvalue weighted by molar-refractivity contribution is 5.79. The number of aliphatic carboxylic acids is 1. The Kier molecular flexibility index (Phi) is 5.20. The Morgan fingerprint density at radius 3 is 2.39 bits per heavy atom. The molecule has 0 radical (unpaired) electrons. The van der Waals surface area contributed by atoms with Crippen LogP contribution < -0.4 is 5.32 Å². The van der Waals surface area contributed by atoms with Crippen LogP contribution in [0.15, 0.2) is 0 Å². The zero-order chi connectivity index (χ0) is 13.9. The third kappa shape index (κ3) is 3.25. The van der Waals surface area contributed by atoms with Crippen molar-refractivity contribution in [3.05, 3.63) is 0 Å². The quantitative estimate of drug-likeness (QED) is 0.793. The lowest BCUT2D eigenvalue weighted by Crippen LogP contribution is -2.62. The minimum absolute atomic E-state index is 0.241. The number of rotatable bonds is 5. The normalized spacial score (nSPS) is 33.1. The van der Waals surface area contributed by atoms with Gasteiger partial charge in [0.1, 0.15) is 5.54 Å². The first-order chi connectivity index (χ1) is 8.29. The van der Waals surface area contributed by atoms with Gasteiger partial charge < -0.3 is 10.4 Å². The number of hydrogen-bond acceptors (Lipinski definition) is 2. The molecule has 1 aliphatic carbocycles. The maximum Gasteiger partial charge on any atom is 0.324 e. The maximum atomic E-state index is 11.9. The van der Waals surface area contributed by atoms with Crippen molar-refractivity contribution in [2.24, 2.45) is 23.7 Å². The van der Waals surface area contributed by atoms with E-state index < -0.39 is 11.5 Å². The molecule has 0 aromatic heterocycles. The lowest BCUT2D eigenvalue weighted by Gasteiger charge is -2.46. The highest BCUT2D eigenvalue weighted by atomic mass is 16.4. The Morgan fingerprint density at radius 1 is 1.33 bits per heavy atom. The van der Waals surface area contributed by atoms with Crippen LogP contribution in [0, 0.1) is 23.7 Å². The molecule has 1 aliphatic rings. The highest BCUT2D eigenvalue weighted by Gasteiger charge is 2.49. The maximum absolute atomic E-state index is 11.9. The average Bonchev–Trinajstić information content (AvgIpc) is 2.25. The molecule has 0 aliphatic heterocycles. The van der Waals surface area contributed by atoms with Gasteiger partial charge in [0.2, 0.25) is 0 Å². The summed E-state index contributed by atoms with van der Waals surface area (Å²) in [4.78, 5) is 11.9. The second-order valence-corrected chi connectivity index (χ2v) is 6.79. The molecule has 3 heteroatoms. The highest BCUT2D eigenvalue weighted by Crippen LogP contribution is 2.41. The molecule has 0 bridgehead atoms. The van der Waals surface area contributed by atoms with Crippen molar-refractivity contribution in [1.82, 2.24) is 5.32 Å². The third-order valence-electron chi connectivity index (χ3n) is 4.29. The van der Waals surface area contributed by atoms with Crippen molar-refractivity contribution < 1.29 is 9.90 Å². The van der Waals surface area contributed by atoms with Crippen LogP contribution in [-0.2, 0) is 4.79 Å². The van der Waals surface area contributed by atoms with Crippen LogP contribution in [0.3, 0.4) is 0 Å². The molecule has 18 heavy (non-hydrogen) atoms. The summed E-state index contributed by atoms with van der Waals surface area (Å²) in [6.45, 7) is 11.5. The fourth-order valence-electron chi connectivity index (χ4n) is 3.33. The van der Waals surface area contributed by atoms with Crippen LogP contribution in [0.4, 0.5) is 0 Å². The van der Waals surface area contributed by atoms with Gasteiger partial charge >= 0.3 is 5.97 Å². The molecule has 3 nitrogen and oxygen atoms in total. The Labute approximate surface area is 111 Å². The van der Waals surface area contributed by atoms with Crippen LogP contribution in [0.25, 0.3) is 0 Å². The third-order valence-corrected chi connectivity index (χ3v) is 4.29. The Bertz CT molecular complexity index is 288. The molecule has 0 amide bonds. The Morgan fingerprint density at radius 2 is 1.94 bits per heavy atom. The summed E-state index contributed by atoms with van der Waals surface area (Å²) in [5, 5.41) is 13.2. The molecule has 1 saturated carbocycles. The van der Waals surface area contributed by atoms with Gasteiger partial charge in [-0.25, -0.2) is 0 Å². The minimum Gasteiger partial charge on any atom is -0.480 e. The van der Waals surface area contributed by atoms with Gasteiger partial charge in [-0.3, -0.25) is 4.79 Å². The van der Waals surface area contributed by atoms with Crippen molar-refractivity contribution in [2.45, 2.75) is 59.4 Å². The van der Waals surface area contributed by atoms with Crippen LogP contribution in [-0.4, -0.2) is 23.2 Å². The first kappa shape index (κ1) is 15.5. The summed E-state index contributed by atoms with van der Waals surface area (Å²) < 4.78 is 0. The number of carboxylic acid groups (broad SMARTS) is 1. The number of hydrogen-bond donors (Lipinski definition) is 2. The van der Waals surface area contributed by atoms with Crippen molar-refractivity contribution in [1.29, 1.82) is 0 Å². The van der Waals surface area contributed by atoms with E-state index in [2.05, 4.69) is 39.9 Å². The van der Waals surface area contributed by atoms with E-state index in [1.165, 1.54) is 0 Å². The molecule has 0 aromatic carbocycles. The Hall–Kier alpha value is -0.570. The molecule has 0 heterocycles. The van der Waals surface area contributed by atoms with E-state index in [-0.39, 0.29) is 5.92 Å². The molecule has 1 rings (SSSR count). The molecule has 3 unspecified atom stereocenters. The van der Waals surface area contributed by atoms with E-state index in [0.717, 1.165) is 25.8 Å². The van der Waals surface area contributed by atoms with Gasteiger partial charge in [-0.05, 0) is 43.1 Å². The van der Waals surface area contributed by atoms with Crippen molar-refractivity contribution in [3.8, 4) is 0 Å². The largest absolute Gasteiger partial charge is 0.480 e. The number of nitrogens with one attached hydrogen (secondary N) is 1. The smallest absolute Gasteiger partial charge is 0.324 e. The molecule has 2 N–H and O–H groups in total. The first-order valence-corrected chi connectivity index (χ1v) is 7.28. The Balaban J connectivity index is 2.97. The first-order valence-electron chi connectivity index (χ1n) is 7.28. The van der Waals surface area contributed by atoms with E-state index in [0.29, 0.717) is 17.8 Å². The summed E-state index contributed by atoms with van der Waals surface area (Å²) in [6, 6.07) is 0. The van der Waals surface area contributed by atoms with Gasteiger partial charge in [0.15, 0.2) is 0 Å². The summed E-state index contributed by atoms with van der Waals surface area (Å²) in [6.07, 6.45) is 2.94. The zero-order valence-electron chi connectivity index (χ0n) is 12.5. The van der Waals surface area contributed by atoms with Gasteiger partial charge in [-0.15, -0.1) is 0 Å². The van der Waals surface area contributed by atoms with Crippen molar-refractivity contribution in [3.63, 3.8) is 0 Å². The van der Waals surface area contributed by atoms with Gasteiger partial charge in [0, 0.05) is 0 Å². The molecule has 3 atom stereocenters. The fraction of sp³-hybridized carbons (Fsp3) is 0.933. The van der Waals surface area contributed by atoms with Crippen LogP contribution >= 0.6 is 0 Å². The standard InChI is InChI=1S/C15H29NO2/c1-10(2)9-16-15(14(17)18)8-12(5)6-7-13(15)11(3)4/h10-13,16H,6-9H2,1-5H3,(H,17,18). The van der Waals surface area contributed by atoms with Crippen molar-refractivity contribution >= 4 is 5.97 Å². The van der Waals surface area contributed by atoms with Gasteiger partial charge in [-0.1, -0.05) is 41.0 Å². The van der Waals surface area contributed by atoms with E-state index in [1.807, 2.05) is 0 Å². The lowest BCUT2D eigenvalue weighted by atomic mass is 9.64. The van der Waals surface area contributed by atoms with Gasteiger partial charge in [0.05, 0.1) is 0 Å². The molecule has 1 fully saturated rings. The fourth-order valence-corrected chi connectivity index (χ4v) is 3.33. The lowest BCUT2D eigenvalue weighted by molar-refractivity contribution is -0.151. The predicted molar refractivity (Wildman–Crippen MR) is 74.6 cm³/mol. The van der Waals surface area contributed by atoms with E-state index in [9.17, 15) is 9.90 Å². The van der Waals surface area contributed by atoms with Crippen LogP contribution in [0.2, 0.25) is 0 Å². The topological polar surface area (TPSA) is 49.3 Å². The number of carboxylic acids is 1. The predicted octanol–water partition coefficient (Wildman–Crippen LogP) is 3.15.